The molecule has 0 saturated heterocycles. The molecule has 0 saturated carbocycles. The fourth-order valence-electron chi connectivity index (χ4n) is 1.42. The maximum absolute atomic E-state index is 4.55. The molecule has 0 amide bonds. The average Bonchev–Trinajstić information content (AvgIpc) is 2.69. The first kappa shape index (κ1) is 14.0. The van der Waals surface area contributed by atoms with Gasteiger partial charge in [0, 0.05) is 22.1 Å². The summed E-state index contributed by atoms with van der Waals surface area (Å²) >= 11 is 8.67. The van der Waals surface area contributed by atoms with E-state index in [0.29, 0.717) is 0 Å². The Bertz CT molecular complexity index is 535. The Balaban J connectivity index is 2.34. The van der Waals surface area contributed by atoms with Crippen LogP contribution in [0.3, 0.4) is 0 Å². The van der Waals surface area contributed by atoms with E-state index < -0.39 is 0 Å². The molecule has 0 unspecified atom stereocenters. The van der Waals surface area contributed by atoms with Crippen molar-refractivity contribution in [3.63, 3.8) is 0 Å². The number of nitrogens with zero attached hydrogens (tertiary/aromatic N) is 2. The van der Waals surface area contributed by atoms with E-state index in [1.165, 1.54) is 4.88 Å². The van der Waals surface area contributed by atoms with Crippen LogP contribution in [0, 0.1) is 6.92 Å². The summed E-state index contributed by atoms with van der Waals surface area (Å²) < 4.78 is 2.00. The maximum atomic E-state index is 4.55. The van der Waals surface area contributed by atoms with E-state index in [1.807, 2.05) is 0 Å². The van der Waals surface area contributed by atoms with Crippen LogP contribution in [-0.2, 0) is 0 Å². The van der Waals surface area contributed by atoms with Crippen molar-refractivity contribution in [2.75, 3.05) is 11.9 Å². The topological polar surface area (TPSA) is 37.8 Å². The predicted molar refractivity (Wildman–Crippen MR) is 84.3 cm³/mol. The zero-order valence-corrected chi connectivity index (χ0v) is 14.1. The van der Waals surface area contributed by atoms with Crippen LogP contribution in [0.1, 0.15) is 18.2 Å². The van der Waals surface area contributed by atoms with E-state index >= 15 is 0 Å². The Kier molecular flexibility index (Phi) is 4.75. The quantitative estimate of drug-likeness (QED) is 0.809. The second-order valence-corrected chi connectivity index (χ2v) is 6.80. The van der Waals surface area contributed by atoms with Gasteiger partial charge < -0.3 is 5.32 Å². The highest BCUT2D eigenvalue weighted by molar-refractivity contribution is 9.11. The molecule has 0 aliphatic heterocycles. The van der Waals surface area contributed by atoms with Crippen LogP contribution in [0.25, 0.3) is 10.7 Å². The Hall–Kier alpha value is -0.460. The molecule has 96 valence electrons. The van der Waals surface area contributed by atoms with Gasteiger partial charge in [-0.05, 0) is 51.3 Å². The Labute approximate surface area is 127 Å². The number of aromatic nitrogens is 2. The molecule has 0 radical (unpaired) electrons. The van der Waals surface area contributed by atoms with Gasteiger partial charge in [0.2, 0.25) is 0 Å². The molecule has 0 aliphatic carbocycles. The molecule has 2 aromatic rings. The summed E-state index contributed by atoms with van der Waals surface area (Å²) in [7, 11) is 0. The minimum Gasteiger partial charge on any atom is -0.369 e. The van der Waals surface area contributed by atoms with Crippen LogP contribution >= 0.6 is 43.2 Å². The van der Waals surface area contributed by atoms with E-state index in [0.717, 1.165) is 38.4 Å². The van der Waals surface area contributed by atoms with Gasteiger partial charge in [-0.25, -0.2) is 9.97 Å². The third-order valence-electron chi connectivity index (χ3n) is 2.36. The van der Waals surface area contributed by atoms with Crippen molar-refractivity contribution in [1.82, 2.24) is 9.97 Å². The molecule has 2 rings (SSSR count). The van der Waals surface area contributed by atoms with Gasteiger partial charge in [0.1, 0.15) is 5.82 Å². The van der Waals surface area contributed by atoms with E-state index in [1.54, 1.807) is 17.5 Å². The molecule has 0 bridgehead atoms. The van der Waals surface area contributed by atoms with Gasteiger partial charge in [0.05, 0.1) is 9.35 Å². The van der Waals surface area contributed by atoms with Crippen LogP contribution in [-0.4, -0.2) is 16.5 Å². The number of halogens is 2. The number of hydrogen-bond acceptors (Lipinski definition) is 4. The summed E-state index contributed by atoms with van der Waals surface area (Å²) in [4.78, 5) is 11.2. The van der Waals surface area contributed by atoms with Gasteiger partial charge in [-0.2, -0.15) is 0 Å². The Morgan fingerprint density at radius 3 is 2.72 bits per heavy atom. The monoisotopic (exact) mass is 389 g/mol. The molecular formula is C12H13Br2N3S. The fourth-order valence-corrected chi connectivity index (χ4v) is 3.23. The summed E-state index contributed by atoms with van der Waals surface area (Å²) in [6.07, 6.45) is 2.86. The van der Waals surface area contributed by atoms with Gasteiger partial charge >= 0.3 is 0 Å². The highest BCUT2D eigenvalue weighted by atomic mass is 79.9. The lowest BCUT2D eigenvalue weighted by molar-refractivity contribution is 0.963. The van der Waals surface area contributed by atoms with Crippen LogP contribution in [0.4, 0.5) is 5.82 Å². The van der Waals surface area contributed by atoms with Crippen LogP contribution in [0.15, 0.2) is 21.2 Å². The summed E-state index contributed by atoms with van der Waals surface area (Å²) in [6.45, 7) is 5.11. The molecule has 0 spiro atoms. The third kappa shape index (κ3) is 3.10. The number of anilines is 1. The second-order valence-electron chi connectivity index (χ2n) is 3.83. The zero-order chi connectivity index (χ0) is 13.1. The first-order valence-corrected chi connectivity index (χ1v) is 8.04. The Morgan fingerprint density at radius 2 is 2.11 bits per heavy atom. The number of thiophene rings is 1. The van der Waals surface area contributed by atoms with E-state index in [4.69, 9.17) is 0 Å². The van der Waals surface area contributed by atoms with Gasteiger partial charge in [-0.15, -0.1) is 11.3 Å². The van der Waals surface area contributed by atoms with Gasteiger partial charge in [-0.1, -0.05) is 6.92 Å². The van der Waals surface area contributed by atoms with Crippen molar-refractivity contribution in [2.45, 2.75) is 20.3 Å². The summed E-state index contributed by atoms with van der Waals surface area (Å²) in [6, 6.07) is 2.06. The number of rotatable bonds is 4. The van der Waals surface area contributed by atoms with Crippen molar-refractivity contribution in [2.24, 2.45) is 0 Å². The minimum absolute atomic E-state index is 0.760. The van der Waals surface area contributed by atoms with Crippen LogP contribution < -0.4 is 5.32 Å². The highest BCUT2D eigenvalue weighted by Gasteiger charge is 2.10. The van der Waals surface area contributed by atoms with Crippen LogP contribution in [0.5, 0.6) is 0 Å². The molecule has 2 heterocycles. The first-order valence-electron chi connectivity index (χ1n) is 5.64. The predicted octanol–water partition coefficient (Wildman–Crippen LogP) is 4.86. The molecule has 0 aromatic carbocycles. The number of aryl methyl sites for hydroxylation is 1. The number of hydrogen-bond donors (Lipinski definition) is 1. The van der Waals surface area contributed by atoms with Gasteiger partial charge in [-0.3, -0.25) is 0 Å². The lowest BCUT2D eigenvalue weighted by Gasteiger charge is -2.07. The van der Waals surface area contributed by atoms with Gasteiger partial charge in [0.25, 0.3) is 0 Å². The van der Waals surface area contributed by atoms with Crippen molar-refractivity contribution in [3.8, 4) is 10.7 Å². The molecule has 1 N–H and O–H groups in total. The van der Waals surface area contributed by atoms with Crippen LogP contribution in [0.2, 0.25) is 0 Å². The summed E-state index contributed by atoms with van der Waals surface area (Å²) in [5.74, 6) is 1.61. The molecule has 3 nitrogen and oxygen atoms in total. The van der Waals surface area contributed by atoms with Gasteiger partial charge in [0.15, 0.2) is 5.82 Å². The van der Waals surface area contributed by atoms with Crippen molar-refractivity contribution in [1.29, 1.82) is 0 Å². The SMILES string of the molecule is CCCNc1nc(-c2cc(Br)c(C)s2)ncc1Br. The molecular weight excluding hydrogens is 378 g/mol. The average molecular weight is 391 g/mol. The molecule has 0 atom stereocenters. The third-order valence-corrected chi connectivity index (χ3v) is 5.08. The molecule has 18 heavy (non-hydrogen) atoms. The largest absolute Gasteiger partial charge is 0.369 e. The fraction of sp³-hybridized carbons (Fsp3) is 0.333. The van der Waals surface area contributed by atoms with E-state index in [-0.39, 0.29) is 0 Å². The van der Waals surface area contributed by atoms with Crippen molar-refractivity contribution in [3.05, 3.63) is 26.1 Å². The summed E-state index contributed by atoms with van der Waals surface area (Å²) in [5, 5.41) is 3.29. The maximum Gasteiger partial charge on any atom is 0.171 e. The van der Waals surface area contributed by atoms with E-state index in [2.05, 4.69) is 67.1 Å². The molecule has 0 fully saturated rings. The first-order chi connectivity index (χ1) is 8.61. The summed E-state index contributed by atoms with van der Waals surface area (Å²) in [5.41, 5.74) is 0. The molecule has 6 heteroatoms. The highest BCUT2D eigenvalue weighted by Crippen LogP contribution is 2.33. The van der Waals surface area contributed by atoms with E-state index in [9.17, 15) is 0 Å². The van der Waals surface area contributed by atoms with Crippen molar-refractivity contribution >= 4 is 49.0 Å². The zero-order valence-electron chi connectivity index (χ0n) is 10.1. The second kappa shape index (κ2) is 6.12. The minimum atomic E-state index is 0.760. The lowest BCUT2D eigenvalue weighted by Crippen LogP contribution is -2.04. The number of nitrogens with one attached hydrogen (secondary N) is 1. The normalized spacial score (nSPS) is 10.7. The lowest BCUT2D eigenvalue weighted by atomic mass is 10.4. The van der Waals surface area contributed by atoms with Crippen molar-refractivity contribution < 1.29 is 0 Å². The Morgan fingerprint density at radius 1 is 1.33 bits per heavy atom. The standard InChI is InChI=1S/C12H13Br2N3S/c1-3-4-15-11-9(14)6-16-12(17-11)10-5-8(13)7(2)18-10/h5-6H,3-4H2,1-2H3,(H,15,16,17). The molecule has 2 aromatic heterocycles. The molecule has 0 aliphatic rings. The smallest absolute Gasteiger partial charge is 0.171 e.